The van der Waals surface area contributed by atoms with Gasteiger partial charge in [0.25, 0.3) is 0 Å². The van der Waals surface area contributed by atoms with Crippen LogP contribution in [0.3, 0.4) is 0 Å². The molecule has 1 aliphatic heterocycles. The van der Waals surface area contributed by atoms with Crippen LogP contribution in [0.15, 0.2) is 16.9 Å². The number of nitrogens with two attached hydrogens (primary N) is 1. The van der Waals surface area contributed by atoms with Crippen molar-refractivity contribution in [3.05, 3.63) is 33.9 Å². The Morgan fingerprint density at radius 3 is 2.55 bits per heavy atom. The van der Waals surface area contributed by atoms with E-state index in [1.165, 1.54) is 13.2 Å². The number of hydrogen-bond acceptors (Lipinski definition) is 5. The number of fused-ring (bicyclic) bond motifs is 1. The number of nitrogens with zero attached hydrogens (tertiary/aromatic N) is 2. The summed E-state index contributed by atoms with van der Waals surface area (Å²) in [4.78, 5) is 26.3. The number of aromatic carboxylic acids is 1. The van der Waals surface area contributed by atoms with Gasteiger partial charge in [0.2, 0.25) is 0 Å². The van der Waals surface area contributed by atoms with E-state index in [1.54, 1.807) is 4.57 Å². The highest BCUT2D eigenvalue weighted by Gasteiger charge is 2.37. The first kappa shape index (κ1) is 19.7. The lowest BCUT2D eigenvalue weighted by molar-refractivity contribution is 0.0684. The molecule has 2 aromatic rings. The lowest BCUT2D eigenvalue weighted by Crippen LogP contribution is -2.52. The largest absolute Gasteiger partial charge is 0.492 e. The second-order valence-electron chi connectivity index (χ2n) is 8.74. The highest BCUT2D eigenvalue weighted by Crippen LogP contribution is 2.45. The maximum atomic E-state index is 15.3. The van der Waals surface area contributed by atoms with E-state index in [0.717, 1.165) is 18.9 Å². The Morgan fingerprint density at radius 2 is 2.00 bits per heavy atom. The van der Waals surface area contributed by atoms with Gasteiger partial charge in [-0.1, -0.05) is 13.8 Å². The molecule has 3 N–H and O–H groups in total. The van der Waals surface area contributed by atoms with Gasteiger partial charge in [-0.2, -0.15) is 0 Å². The number of benzene rings is 1. The van der Waals surface area contributed by atoms with Crippen molar-refractivity contribution in [1.82, 2.24) is 4.57 Å². The fourth-order valence-corrected chi connectivity index (χ4v) is 4.35. The number of carbonyl (C=O) groups is 1. The van der Waals surface area contributed by atoms with Crippen LogP contribution in [0.4, 0.5) is 10.1 Å². The van der Waals surface area contributed by atoms with Gasteiger partial charge in [0.05, 0.1) is 18.0 Å². The Morgan fingerprint density at radius 1 is 1.31 bits per heavy atom. The Balaban J connectivity index is 2.02. The summed E-state index contributed by atoms with van der Waals surface area (Å²) in [6, 6.07) is 2.24. The Hall–Kier alpha value is -2.61. The third kappa shape index (κ3) is 3.15. The molecular weight excluding hydrogens is 377 g/mol. The molecule has 1 aromatic heterocycles. The summed E-state index contributed by atoms with van der Waals surface area (Å²) < 4.78 is 22.5. The topological polar surface area (TPSA) is 97.8 Å². The van der Waals surface area contributed by atoms with Gasteiger partial charge in [0.1, 0.15) is 11.4 Å². The first-order valence-corrected chi connectivity index (χ1v) is 9.85. The van der Waals surface area contributed by atoms with Gasteiger partial charge in [-0.05, 0) is 30.7 Å². The number of hydrogen-bond donors (Lipinski definition) is 2. The molecule has 0 spiro atoms. The van der Waals surface area contributed by atoms with Gasteiger partial charge in [-0.15, -0.1) is 0 Å². The molecule has 1 saturated heterocycles. The van der Waals surface area contributed by atoms with E-state index in [4.69, 9.17) is 10.5 Å². The molecule has 0 amide bonds. The van der Waals surface area contributed by atoms with Crippen LogP contribution in [0.2, 0.25) is 0 Å². The van der Waals surface area contributed by atoms with Crippen LogP contribution < -0.4 is 20.8 Å². The van der Waals surface area contributed by atoms with Crippen molar-refractivity contribution < 1.29 is 19.0 Å². The summed E-state index contributed by atoms with van der Waals surface area (Å²) >= 11 is 0. The van der Waals surface area contributed by atoms with E-state index in [9.17, 15) is 14.7 Å². The molecule has 1 saturated carbocycles. The molecule has 2 fully saturated rings. The van der Waals surface area contributed by atoms with Gasteiger partial charge < -0.3 is 25.0 Å². The van der Waals surface area contributed by atoms with Crippen LogP contribution in [-0.4, -0.2) is 41.9 Å². The van der Waals surface area contributed by atoms with Crippen molar-refractivity contribution in [2.24, 2.45) is 11.1 Å². The molecule has 1 aromatic carbocycles. The van der Waals surface area contributed by atoms with Crippen LogP contribution in [0.25, 0.3) is 10.9 Å². The van der Waals surface area contributed by atoms with Crippen molar-refractivity contribution in [2.75, 3.05) is 25.1 Å². The molecular formula is C21H26FN3O4. The van der Waals surface area contributed by atoms with E-state index in [-0.39, 0.29) is 40.0 Å². The summed E-state index contributed by atoms with van der Waals surface area (Å²) in [6.45, 7) is 5.16. The third-order valence-corrected chi connectivity index (χ3v) is 6.18. The number of halogens is 1. The lowest BCUT2D eigenvalue weighted by atomic mass is 9.79. The van der Waals surface area contributed by atoms with Crippen molar-refractivity contribution in [3.8, 4) is 5.75 Å². The SMILES string of the molecule is COc1c(N2CC[C@@H](N)C(C)(C)C2)c(F)cc2c(=O)cc(C(=O)O)n(C3CC3)c12. The predicted octanol–water partition coefficient (Wildman–Crippen LogP) is 2.75. The first-order chi connectivity index (χ1) is 13.7. The predicted molar refractivity (Wildman–Crippen MR) is 109 cm³/mol. The zero-order valence-corrected chi connectivity index (χ0v) is 16.9. The van der Waals surface area contributed by atoms with Gasteiger partial charge in [0, 0.05) is 31.2 Å². The van der Waals surface area contributed by atoms with Gasteiger partial charge in [-0.3, -0.25) is 4.79 Å². The van der Waals surface area contributed by atoms with Gasteiger partial charge >= 0.3 is 5.97 Å². The monoisotopic (exact) mass is 403 g/mol. The Kier molecular flexibility index (Phi) is 4.57. The van der Waals surface area contributed by atoms with E-state index in [1.807, 2.05) is 18.7 Å². The van der Waals surface area contributed by atoms with E-state index >= 15 is 4.39 Å². The zero-order chi connectivity index (χ0) is 21.1. The Bertz CT molecular complexity index is 1060. The normalized spacial score (nSPS) is 21.4. The molecule has 2 aliphatic rings. The van der Waals surface area contributed by atoms with Crippen LogP contribution in [-0.2, 0) is 0 Å². The van der Waals surface area contributed by atoms with Crippen molar-refractivity contribution >= 4 is 22.6 Å². The van der Waals surface area contributed by atoms with Crippen LogP contribution in [0.1, 0.15) is 49.6 Å². The Labute approximate surface area is 167 Å². The standard InChI is InChI=1S/C21H26FN3O4/c1-21(2)10-24(7-6-16(21)23)18-13(22)8-12-15(26)9-14(20(27)28)25(11-4-5-11)17(12)19(18)29-3/h8-9,11,16H,4-7,10,23H2,1-3H3,(H,27,28)/t16-/m1/s1. The second-order valence-corrected chi connectivity index (χ2v) is 8.74. The summed E-state index contributed by atoms with van der Waals surface area (Å²) in [7, 11) is 1.42. The summed E-state index contributed by atoms with van der Waals surface area (Å²) in [5.74, 6) is -1.53. The lowest BCUT2D eigenvalue weighted by Gasteiger charge is -2.44. The second kappa shape index (κ2) is 6.73. The molecule has 8 heteroatoms. The highest BCUT2D eigenvalue weighted by molar-refractivity contribution is 5.96. The fraction of sp³-hybridized carbons (Fsp3) is 0.524. The van der Waals surface area contributed by atoms with Gasteiger partial charge in [-0.25, -0.2) is 9.18 Å². The first-order valence-electron chi connectivity index (χ1n) is 9.85. The molecule has 4 rings (SSSR count). The molecule has 1 aliphatic carbocycles. The summed E-state index contributed by atoms with van der Waals surface area (Å²) in [5, 5.41) is 9.79. The molecule has 7 nitrogen and oxygen atoms in total. The fourth-order valence-electron chi connectivity index (χ4n) is 4.35. The number of anilines is 1. The highest BCUT2D eigenvalue weighted by atomic mass is 19.1. The van der Waals surface area contributed by atoms with E-state index < -0.39 is 17.2 Å². The van der Waals surface area contributed by atoms with Crippen molar-refractivity contribution in [2.45, 2.75) is 45.2 Å². The smallest absolute Gasteiger partial charge is 0.352 e. The van der Waals surface area contributed by atoms with Gasteiger partial charge in [0.15, 0.2) is 17.0 Å². The number of pyridine rings is 1. The van der Waals surface area contributed by atoms with Crippen LogP contribution in [0.5, 0.6) is 5.75 Å². The van der Waals surface area contributed by atoms with Crippen LogP contribution >= 0.6 is 0 Å². The van der Waals surface area contributed by atoms with Crippen LogP contribution in [0, 0.1) is 11.2 Å². The molecule has 0 bridgehead atoms. The van der Waals surface area contributed by atoms with Crippen molar-refractivity contribution in [1.29, 1.82) is 0 Å². The number of methoxy groups -OCH3 is 1. The third-order valence-electron chi connectivity index (χ3n) is 6.18. The van der Waals surface area contributed by atoms with E-state index in [0.29, 0.717) is 25.0 Å². The summed E-state index contributed by atoms with van der Waals surface area (Å²) in [6.07, 6.45) is 2.30. The molecule has 29 heavy (non-hydrogen) atoms. The molecule has 156 valence electrons. The number of ether oxygens (including phenoxy) is 1. The minimum atomic E-state index is -1.19. The maximum Gasteiger partial charge on any atom is 0.352 e. The number of carboxylic acid groups (broad SMARTS) is 1. The maximum absolute atomic E-state index is 15.3. The number of rotatable bonds is 4. The summed E-state index contributed by atoms with van der Waals surface area (Å²) in [5.41, 5.74) is 5.99. The molecule has 0 unspecified atom stereocenters. The average Bonchev–Trinajstić information content (AvgIpc) is 3.48. The van der Waals surface area contributed by atoms with E-state index in [2.05, 4.69) is 0 Å². The number of aromatic nitrogens is 1. The van der Waals surface area contributed by atoms with Crippen molar-refractivity contribution in [3.63, 3.8) is 0 Å². The quantitative estimate of drug-likeness (QED) is 0.815. The average molecular weight is 403 g/mol. The zero-order valence-electron chi connectivity index (χ0n) is 16.9. The number of carboxylic acids is 1. The molecule has 1 atom stereocenters. The minimum absolute atomic E-state index is 0.00322. The molecule has 2 heterocycles. The molecule has 0 radical (unpaired) electrons. The number of piperidine rings is 1. The minimum Gasteiger partial charge on any atom is -0.492 e.